The van der Waals surface area contributed by atoms with E-state index in [0.717, 1.165) is 16.7 Å². The van der Waals surface area contributed by atoms with Gasteiger partial charge in [-0.05, 0) is 29.7 Å². The third-order valence-corrected chi connectivity index (χ3v) is 2.76. The summed E-state index contributed by atoms with van der Waals surface area (Å²) >= 11 is 0. The highest BCUT2D eigenvalue weighted by Crippen LogP contribution is 2.22. The van der Waals surface area contributed by atoms with Gasteiger partial charge >= 0.3 is 0 Å². The maximum absolute atomic E-state index is 11.0. The summed E-state index contributed by atoms with van der Waals surface area (Å²) < 4.78 is 0. The smallest absolute Gasteiger partial charge is 0.152 e. The first-order chi connectivity index (χ1) is 9.27. The number of hydrogen-bond donors (Lipinski definition) is 0. The first-order valence-corrected chi connectivity index (χ1v) is 6.27. The van der Waals surface area contributed by atoms with Gasteiger partial charge in [0.05, 0.1) is 0 Å². The Morgan fingerprint density at radius 2 is 1.32 bits per heavy atom. The van der Waals surface area contributed by atoms with Crippen molar-refractivity contribution < 1.29 is 4.79 Å². The van der Waals surface area contributed by atoms with E-state index in [1.165, 1.54) is 0 Å². The molecule has 0 aliphatic rings. The van der Waals surface area contributed by atoms with E-state index in [1.807, 2.05) is 42.5 Å². The molecule has 94 valence electrons. The standard InChI is InChI=1S/C18H16O/c1-15(19)9-8-14-18(16-10-4-2-5-11-16)17-12-6-3-7-13-17/h2-14H,1H3/b9-8+. The Kier molecular flexibility index (Phi) is 4.46. The minimum Gasteiger partial charge on any atom is -0.295 e. The molecule has 0 atom stereocenters. The molecule has 19 heavy (non-hydrogen) atoms. The quantitative estimate of drug-likeness (QED) is 0.583. The molecule has 0 aromatic heterocycles. The third-order valence-electron chi connectivity index (χ3n) is 2.76. The zero-order chi connectivity index (χ0) is 13.5. The van der Waals surface area contributed by atoms with E-state index in [0.29, 0.717) is 0 Å². The Hall–Kier alpha value is -2.41. The molecule has 2 aromatic carbocycles. The predicted molar refractivity (Wildman–Crippen MR) is 79.8 cm³/mol. The summed E-state index contributed by atoms with van der Waals surface area (Å²) in [4.78, 5) is 11.0. The number of ketones is 1. The fraction of sp³-hybridized carbons (Fsp3) is 0.0556. The molecular formula is C18H16O. The number of carbonyl (C=O) groups is 1. The second kappa shape index (κ2) is 6.50. The van der Waals surface area contributed by atoms with Gasteiger partial charge in [0.15, 0.2) is 5.78 Å². The Morgan fingerprint density at radius 3 is 1.74 bits per heavy atom. The number of benzene rings is 2. The molecule has 2 rings (SSSR count). The molecule has 0 fully saturated rings. The monoisotopic (exact) mass is 248 g/mol. The number of allylic oxidation sites excluding steroid dienone is 3. The Labute approximate surface area is 113 Å². The normalized spacial score (nSPS) is 10.4. The van der Waals surface area contributed by atoms with Gasteiger partial charge in [0.1, 0.15) is 0 Å². The highest BCUT2D eigenvalue weighted by atomic mass is 16.1. The largest absolute Gasteiger partial charge is 0.295 e. The predicted octanol–water partition coefficient (Wildman–Crippen LogP) is 4.26. The van der Waals surface area contributed by atoms with Crippen LogP contribution in [0.4, 0.5) is 0 Å². The van der Waals surface area contributed by atoms with E-state index >= 15 is 0 Å². The van der Waals surface area contributed by atoms with Gasteiger partial charge in [-0.2, -0.15) is 0 Å². The van der Waals surface area contributed by atoms with Crippen LogP contribution in [0.15, 0.2) is 78.9 Å². The summed E-state index contributed by atoms with van der Waals surface area (Å²) in [7, 11) is 0. The van der Waals surface area contributed by atoms with Crippen molar-refractivity contribution in [2.45, 2.75) is 6.92 Å². The molecule has 0 aliphatic carbocycles. The van der Waals surface area contributed by atoms with Crippen molar-refractivity contribution in [2.24, 2.45) is 0 Å². The van der Waals surface area contributed by atoms with Gasteiger partial charge in [0, 0.05) is 0 Å². The van der Waals surface area contributed by atoms with E-state index in [-0.39, 0.29) is 5.78 Å². The van der Waals surface area contributed by atoms with E-state index < -0.39 is 0 Å². The summed E-state index contributed by atoms with van der Waals surface area (Å²) in [5.74, 6) is 0.0525. The van der Waals surface area contributed by atoms with Crippen molar-refractivity contribution in [1.82, 2.24) is 0 Å². The van der Waals surface area contributed by atoms with Crippen molar-refractivity contribution in [3.63, 3.8) is 0 Å². The van der Waals surface area contributed by atoms with E-state index in [2.05, 4.69) is 24.3 Å². The summed E-state index contributed by atoms with van der Waals surface area (Å²) in [6.45, 7) is 1.55. The lowest BCUT2D eigenvalue weighted by Gasteiger charge is -2.07. The van der Waals surface area contributed by atoms with Gasteiger partial charge < -0.3 is 0 Å². The maximum Gasteiger partial charge on any atom is 0.152 e. The molecule has 2 aromatic rings. The lowest BCUT2D eigenvalue weighted by molar-refractivity contribution is -0.112. The molecule has 0 radical (unpaired) electrons. The lowest BCUT2D eigenvalue weighted by atomic mass is 9.97. The SMILES string of the molecule is CC(=O)/C=C/C=C(c1ccccc1)c1ccccc1. The molecule has 0 unspecified atom stereocenters. The average molecular weight is 248 g/mol. The molecule has 1 heteroatoms. The van der Waals surface area contributed by atoms with Crippen LogP contribution >= 0.6 is 0 Å². The summed E-state index contributed by atoms with van der Waals surface area (Å²) in [5.41, 5.74) is 3.39. The molecular weight excluding hydrogens is 232 g/mol. The molecule has 0 saturated heterocycles. The van der Waals surface area contributed by atoms with Crippen LogP contribution in [-0.4, -0.2) is 5.78 Å². The summed E-state index contributed by atoms with van der Waals surface area (Å²) in [6, 6.07) is 20.3. The van der Waals surface area contributed by atoms with Gasteiger partial charge in [-0.25, -0.2) is 0 Å². The van der Waals surface area contributed by atoms with Crippen LogP contribution in [0, 0.1) is 0 Å². The number of hydrogen-bond acceptors (Lipinski definition) is 1. The molecule has 0 spiro atoms. The third kappa shape index (κ3) is 3.78. The molecule has 0 N–H and O–H groups in total. The average Bonchev–Trinajstić information content (AvgIpc) is 2.45. The molecule has 1 nitrogen and oxygen atoms in total. The zero-order valence-electron chi connectivity index (χ0n) is 10.9. The lowest BCUT2D eigenvalue weighted by Crippen LogP contribution is -1.87. The fourth-order valence-corrected chi connectivity index (χ4v) is 1.87. The fourth-order valence-electron chi connectivity index (χ4n) is 1.87. The van der Waals surface area contributed by atoms with Crippen LogP contribution in [0.1, 0.15) is 18.1 Å². The highest BCUT2D eigenvalue weighted by molar-refractivity contribution is 5.88. The first-order valence-electron chi connectivity index (χ1n) is 6.27. The minimum atomic E-state index is 0.0525. The molecule has 0 bridgehead atoms. The van der Waals surface area contributed by atoms with Gasteiger partial charge in [-0.15, -0.1) is 0 Å². The van der Waals surface area contributed by atoms with Gasteiger partial charge in [0.25, 0.3) is 0 Å². The zero-order valence-corrected chi connectivity index (χ0v) is 10.9. The Bertz CT molecular complexity index is 551. The second-order valence-electron chi connectivity index (χ2n) is 4.28. The van der Waals surface area contributed by atoms with Crippen LogP contribution in [0.3, 0.4) is 0 Å². The highest BCUT2D eigenvalue weighted by Gasteiger charge is 2.02. The van der Waals surface area contributed by atoms with Gasteiger partial charge in [0.2, 0.25) is 0 Å². The van der Waals surface area contributed by atoms with Crippen LogP contribution in [0.5, 0.6) is 0 Å². The summed E-state index contributed by atoms with van der Waals surface area (Å²) in [5, 5.41) is 0. The first kappa shape index (κ1) is 13.0. The van der Waals surface area contributed by atoms with Crippen molar-refractivity contribution >= 4 is 11.4 Å². The topological polar surface area (TPSA) is 17.1 Å². The van der Waals surface area contributed by atoms with E-state index in [1.54, 1.807) is 19.1 Å². The minimum absolute atomic E-state index is 0.0525. The summed E-state index contributed by atoms with van der Waals surface area (Å²) in [6.07, 6.45) is 5.36. The molecule has 0 amide bonds. The molecule has 0 saturated carbocycles. The van der Waals surface area contributed by atoms with Crippen LogP contribution in [0.25, 0.3) is 5.57 Å². The molecule has 0 heterocycles. The van der Waals surface area contributed by atoms with Crippen molar-refractivity contribution in [3.05, 3.63) is 90.0 Å². The second-order valence-corrected chi connectivity index (χ2v) is 4.28. The van der Waals surface area contributed by atoms with Crippen molar-refractivity contribution in [3.8, 4) is 0 Å². The number of rotatable bonds is 4. The van der Waals surface area contributed by atoms with Crippen LogP contribution in [0.2, 0.25) is 0 Å². The van der Waals surface area contributed by atoms with E-state index in [9.17, 15) is 4.79 Å². The van der Waals surface area contributed by atoms with Crippen molar-refractivity contribution in [1.29, 1.82) is 0 Å². The Morgan fingerprint density at radius 1 is 0.842 bits per heavy atom. The van der Waals surface area contributed by atoms with Crippen LogP contribution < -0.4 is 0 Å². The maximum atomic E-state index is 11.0. The van der Waals surface area contributed by atoms with Crippen molar-refractivity contribution in [2.75, 3.05) is 0 Å². The van der Waals surface area contributed by atoms with Crippen LogP contribution in [-0.2, 0) is 4.79 Å². The van der Waals surface area contributed by atoms with E-state index in [4.69, 9.17) is 0 Å². The Balaban J connectivity index is 2.43. The van der Waals surface area contributed by atoms with Gasteiger partial charge in [-0.3, -0.25) is 4.79 Å². The van der Waals surface area contributed by atoms with Gasteiger partial charge in [-0.1, -0.05) is 72.8 Å². The molecule has 0 aliphatic heterocycles. The number of carbonyl (C=O) groups excluding carboxylic acids is 1.